The molecule has 0 aliphatic carbocycles. The molecule has 11 heteroatoms. The Morgan fingerprint density at radius 1 is 1.17 bits per heavy atom. The Kier molecular flexibility index (Phi) is 10.6. The number of rotatable bonds is 12. The zero-order chi connectivity index (χ0) is 26.0. The van der Waals surface area contributed by atoms with Crippen LogP contribution in [-0.2, 0) is 14.4 Å². The van der Waals surface area contributed by atoms with Gasteiger partial charge in [-0.25, -0.2) is 4.39 Å². The first kappa shape index (κ1) is 27.7. The van der Waals surface area contributed by atoms with Crippen molar-refractivity contribution in [2.24, 2.45) is 11.7 Å². The Labute approximate surface area is 204 Å². The molecule has 0 radical (unpaired) electrons. The van der Waals surface area contributed by atoms with Crippen molar-refractivity contribution in [3.63, 3.8) is 0 Å². The van der Waals surface area contributed by atoms with E-state index in [9.17, 15) is 23.6 Å². The monoisotopic (exact) mass is 490 g/mol. The summed E-state index contributed by atoms with van der Waals surface area (Å²) < 4.78 is 13.1. The number of ketones is 1. The first-order chi connectivity index (χ1) is 16.6. The maximum absolute atomic E-state index is 13.4. The molecule has 2 rings (SSSR count). The van der Waals surface area contributed by atoms with Crippen molar-refractivity contribution in [2.75, 3.05) is 19.8 Å². The third-order valence-electron chi connectivity index (χ3n) is 5.92. The third kappa shape index (κ3) is 8.04. The molecule has 0 bridgehead atoms. The third-order valence-corrected chi connectivity index (χ3v) is 5.92. The summed E-state index contributed by atoms with van der Waals surface area (Å²) in [6, 6.07) is 5.85. The summed E-state index contributed by atoms with van der Waals surface area (Å²) in [5.74, 6) is -2.49. The molecule has 0 aromatic heterocycles. The largest absolute Gasteiger partial charge is 0.370 e. The average Bonchev–Trinajstić information content (AvgIpc) is 3.33. The number of guanidine groups is 1. The van der Waals surface area contributed by atoms with Gasteiger partial charge >= 0.3 is 0 Å². The molecule has 3 atom stereocenters. The standard InChI is InChI=1S/C24H35FN6O4/c1-15(2)20(30-21(33)16-8-4-3-5-9-16)23(35)31-13-7-11-18(31)22(34)29-17(19(32)14-25)10-6-12-28-24(26)27/h3-5,8-9,15,17-18,20H,6-7,10-14H2,1-2H3,(H,29,34)(H,30,33)(H4,26,27,28)/t17?,18-,20?/m0/s1. The van der Waals surface area contributed by atoms with Gasteiger partial charge in [0.05, 0.1) is 6.04 Å². The number of amides is 3. The molecule has 2 unspecified atom stereocenters. The predicted molar refractivity (Wildman–Crippen MR) is 129 cm³/mol. The number of halogens is 1. The van der Waals surface area contributed by atoms with Gasteiger partial charge in [-0.05, 0) is 43.7 Å². The number of hydrogen-bond donors (Lipinski definition) is 5. The maximum atomic E-state index is 13.4. The summed E-state index contributed by atoms with van der Waals surface area (Å²) in [7, 11) is 0. The highest BCUT2D eigenvalue weighted by atomic mass is 19.1. The topological polar surface area (TPSA) is 157 Å². The summed E-state index contributed by atoms with van der Waals surface area (Å²) in [5, 5.41) is 15.1. The van der Waals surface area contributed by atoms with Gasteiger partial charge in [-0.3, -0.25) is 24.6 Å². The first-order valence-electron chi connectivity index (χ1n) is 11.8. The van der Waals surface area contributed by atoms with Gasteiger partial charge in [0.25, 0.3) is 5.91 Å². The number of hydrogen-bond acceptors (Lipinski definition) is 5. The Hall–Kier alpha value is -3.50. The van der Waals surface area contributed by atoms with Gasteiger partial charge in [0.2, 0.25) is 11.8 Å². The van der Waals surface area contributed by atoms with E-state index in [0.717, 1.165) is 0 Å². The van der Waals surface area contributed by atoms with Crippen molar-refractivity contribution in [1.29, 1.82) is 5.41 Å². The van der Waals surface area contributed by atoms with E-state index in [0.29, 0.717) is 37.9 Å². The lowest BCUT2D eigenvalue weighted by Crippen LogP contribution is -2.56. The molecule has 6 N–H and O–H groups in total. The van der Waals surface area contributed by atoms with E-state index in [1.165, 1.54) is 4.90 Å². The number of carbonyl (C=O) groups excluding carboxylic acids is 4. The second kappa shape index (κ2) is 13.4. The molecule has 1 aliphatic rings. The molecule has 10 nitrogen and oxygen atoms in total. The van der Waals surface area contributed by atoms with Crippen LogP contribution in [0.2, 0.25) is 0 Å². The van der Waals surface area contributed by atoms with Crippen LogP contribution in [0.5, 0.6) is 0 Å². The number of likely N-dealkylation sites (tertiary alicyclic amines) is 1. The van der Waals surface area contributed by atoms with Gasteiger partial charge < -0.3 is 26.6 Å². The Morgan fingerprint density at radius 3 is 2.46 bits per heavy atom. The van der Waals surface area contributed by atoms with Gasteiger partial charge in [-0.15, -0.1) is 0 Å². The van der Waals surface area contributed by atoms with Crippen LogP contribution < -0.4 is 21.7 Å². The zero-order valence-corrected chi connectivity index (χ0v) is 20.2. The number of Topliss-reactive ketones (excluding diaryl/α,β-unsaturated/α-hetero) is 1. The number of carbonyl (C=O) groups is 4. The van der Waals surface area contributed by atoms with E-state index in [1.807, 2.05) is 13.8 Å². The molecule has 0 spiro atoms. The number of nitrogens with zero attached hydrogens (tertiary/aromatic N) is 1. The fourth-order valence-electron chi connectivity index (χ4n) is 4.01. The van der Waals surface area contributed by atoms with E-state index in [4.69, 9.17) is 11.1 Å². The smallest absolute Gasteiger partial charge is 0.251 e. The van der Waals surface area contributed by atoms with Crippen LogP contribution in [0.15, 0.2) is 30.3 Å². The Bertz CT molecular complexity index is 911. The highest BCUT2D eigenvalue weighted by Crippen LogP contribution is 2.21. The van der Waals surface area contributed by atoms with Crippen molar-refractivity contribution < 1.29 is 23.6 Å². The normalized spacial score (nSPS) is 16.9. The first-order valence-corrected chi connectivity index (χ1v) is 11.8. The predicted octanol–water partition coefficient (Wildman–Crippen LogP) is 0.719. The number of nitrogens with one attached hydrogen (secondary N) is 4. The van der Waals surface area contributed by atoms with Crippen LogP contribution in [0.4, 0.5) is 4.39 Å². The van der Waals surface area contributed by atoms with Crippen LogP contribution in [0, 0.1) is 11.3 Å². The van der Waals surface area contributed by atoms with Crippen molar-refractivity contribution in [3.05, 3.63) is 35.9 Å². The molecular formula is C24H35FN6O4. The highest BCUT2D eigenvalue weighted by molar-refractivity contribution is 5.99. The highest BCUT2D eigenvalue weighted by Gasteiger charge is 2.39. The van der Waals surface area contributed by atoms with E-state index in [1.54, 1.807) is 30.3 Å². The molecule has 192 valence electrons. The van der Waals surface area contributed by atoms with Crippen molar-refractivity contribution in [3.8, 4) is 0 Å². The Morgan fingerprint density at radius 2 is 1.86 bits per heavy atom. The van der Waals surface area contributed by atoms with Gasteiger partial charge in [0, 0.05) is 18.7 Å². The van der Waals surface area contributed by atoms with E-state index >= 15 is 0 Å². The van der Waals surface area contributed by atoms with Crippen LogP contribution in [0.25, 0.3) is 0 Å². The fourth-order valence-corrected chi connectivity index (χ4v) is 4.01. The van der Waals surface area contributed by atoms with E-state index < -0.39 is 36.5 Å². The molecule has 1 saturated heterocycles. The molecule has 1 aromatic rings. The van der Waals surface area contributed by atoms with Gasteiger partial charge in [0.15, 0.2) is 11.7 Å². The lowest BCUT2D eigenvalue weighted by molar-refractivity contribution is -0.141. The minimum absolute atomic E-state index is 0.164. The van der Waals surface area contributed by atoms with Crippen molar-refractivity contribution in [2.45, 2.75) is 57.7 Å². The van der Waals surface area contributed by atoms with Gasteiger partial charge in [-0.2, -0.15) is 0 Å². The summed E-state index contributed by atoms with van der Waals surface area (Å²) in [5.41, 5.74) is 5.65. The lowest BCUT2D eigenvalue weighted by atomic mass is 10.0. The number of nitrogens with two attached hydrogens (primary N) is 1. The average molecular weight is 491 g/mol. The molecule has 0 saturated carbocycles. The van der Waals surface area contributed by atoms with Crippen LogP contribution in [0.1, 0.15) is 49.9 Å². The number of alkyl halides is 1. The maximum Gasteiger partial charge on any atom is 0.251 e. The van der Waals surface area contributed by atoms with Crippen LogP contribution >= 0.6 is 0 Å². The second-order valence-electron chi connectivity index (χ2n) is 8.89. The zero-order valence-electron chi connectivity index (χ0n) is 20.2. The quantitative estimate of drug-likeness (QED) is 0.165. The van der Waals surface area contributed by atoms with Gasteiger partial charge in [-0.1, -0.05) is 32.0 Å². The molecule has 1 fully saturated rings. The van der Waals surface area contributed by atoms with Crippen LogP contribution in [0.3, 0.4) is 0 Å². The summed E-state index contributed by atoms with van der Waals surface area (Å²) >= 11 is 0. The molecular weight excluding hydrogens is 455 g/mol. The SMILES string of the molecule is CC(C)C(NC(=O)c1ccccc1)C(=O)N1CCC[C@H]1C(=O)NC(CCCNC(=N)N)C(=O)CF. The minimum atomic E-state index is -1.22. The fraction of sp³-hybridized carbons (Fsp3) is 0.542. The van der Waals surface area contributed by atoms with Crippen LogP contribution in [-0.4, -0.2) is 72.3 Å². The van der Waals surface area contributed by atoms with Crippen molar-refractivity contribution >= 4 is 29.5 Å². The molecule has 1 heterocycles. The molecule has 1 aliphatic heterocycles. The lowest BCUT2D eigenvalue weighted by Gasteiger charge is -2.31. The summed E-state index contributed by atoms with van der Waals surface area (Å²) in [4.78, 5) is 52.6. The van der Waals surface area contributed by atoms with E-state index in [-0.39, 0.29) is 30.1 Å². The second-order valence-corrected chi connectivity index (χ2v) is 8.89. The summed E-state index contributed by atoms with van der Waals surface area (Å²) in [6.45, 7) is 3.03. The van der Waals surface area contributed by atoms with E-state index in [2.05, 4.69) is 16.0 Å². The molecule has 1 aromatic carbocycles. The van der Waals surface area contributed by atoms with Gasteiger partial charge in [0.1, 0.15) is 18.8 Å². The van der Waals surface area contributed by atoms with Crippen molar-refractivity contribution in [1.82, 2.24) is 20.9 Å². The number of benzene rings is 1. The molecule has 3 amide bonds. The minimum Gasteiger partial charge on any atom is -0.370 e. The summed E-state index contributed by atoms with van der Waals surface area (Å²) in [6.07, 6.45) is 1.53. The molecule has 35 heavy (non-hydrogen) atoms. The Balaban J connectivity index is 2.07.